The fourth-order valence-corrected chi connectivity index (χ4v) is 2.11. The minimum atomic E-state index is -0.692. The van der Waals surface area contributed by atoms with Gasteiger partial charge < -0.3 is 16.2 Å². The minimum absolute atomic E-state index is 0.195. The Labute approximate surface area is 107 Å². The second-order valence-corrected chi connectivity index (χ2v) is 5.09. The van der Waals surface area contributed by atoms with E-state index in [4.69, 9.17) is 5.73 Å². The van der Waals surface area contributed by atoms with Crippen molar-refractivity contribution < 1.29 is 9.90 Å². The first-order valence-electron chi connectivity index (χ1n) is 6.39. The molecule has 1 fully saturated rings. The summed E-state index contributed by atoms with van der Waals surface area (Å²) >= 11 is 0. The normalized spacial score (nSPS) is 18.8. The predicted octanol–water partition coefficient (Wildman–Crippen LogP) is 0.588. The fourth-order valence-electron chi connectivity index (χ4n) is 2.11. The number of benzene rings is 1. The lowest BCUT2D eigenvalue weighted by Gasteiger charge is -2.36. The molecular weight excluding hydrogens is 228 g/mol. The molecule has 1 saturated carbocycles. The van der Waals surface area contributed by atoms with E-state index in [1.165, 1.54) is 0 Å². The largest absolute Gasteiger partial charge is 0.388 e. The van der Waals surface area contributed by atoms with Crippen LogP contribution in [0.3, 0.4) is 0 Å². The highest BCUT2D eigenvalue weighted by Crippen LogP contribution is 2.30. The molecule has 1 aromatic rings. The quantitative estimate of drug-likeness (QED) is 0.714. The highest BCUT2D eigenvalue weighted by Gasteiger charge is 2.34. The van der Waals surface area contributed by atoms with E-state index < -0.39 is 11.6 Å². The molecule has 0 bridgehead atoms. The Hall–Kier alpha value is -1.39. The molecule has 18 heavy (non-hydrogen) atoms. The van der Waals surface area contributed by atoms with E-state index in [0.29, 0.717) is 13.0 Å². The number of carbonyl (C=O) groups excluding carboxylic acids is 1. The van der Waals surface area contributed by atoms with Crippen LogP contribution in [0.5, 0.6) is 0 Å². The summed E-state index contributed by atoms with van der Waals surface area (Å²) in [5.74, 6) is -0.195. The van der Waals surface area contributed by atoms with Gasteiger partial charge in [0.05, 0.1) is 11.6 Å². The summed E-state index contributed by atoms with van der Waals surface area (Å²) in [6.07, 6.45) is 3.08. The average Bonchev–Trinajstić information content (AvgIpc) is 2.34. The monoisotopic (exact) mass is 248 g/mol. The van der Waals surface area contributed by atoms with Crippen LogP contribution in [0.25, 0.3) is 0 Å². The Bertz CT molecular complexity index is 402. The van der Waals surface area contributed by atoms with Gasteiger partial charge in [0, 0.05) is 6.54 Å². The van der Waals surface area contributed by atoms with Crippen LogP contribution >= 0.6 is 0 Å². The van der Waals surface area contributed by atoms with Crippen molar-refractivity contribution in [3.05, 3.63) is 35.9 Å². The maximum atomic E-state index is 11.8. The zero-order valence-electron chi connectivity index (χ0n) is 10.4. The van der Waals surface area contributed by atoms with E-state index in [0.717, 1.165) is 24.8 Å². The van der Waals surface area contributed by atoms with Crippen LogP contribution in [-0.4, -0.2) is 29.2 Å². The Morgan fingerprint density at radius 2 is 2.06 bits per heavy atom. The fraction of sp³-hybridized carbons (Fsp3) is 0.500. The third-order valence-electron chi connectivity index (χ3n) is 3.51. The number of aliphatic hydroxyl groups is 1. The SMILES string of the molecule is NC(Cc1ccccc1)C(=O)NCC1(O)CCC1. The van der Waals surface area contributed by atoms with E-state index in [1.54, 1.807) is 0 Å². The molecule has 0 spiro atoms. The molecule has 0 heterocycles. The van der Waals surface area contributed by atoms with Gasteiger partial charge in [-0.05, 0) is 31.2 Å². The molecule has 98 valence electrons. The third kappa shape index (κ3) is 3.31. The second-order valence-electron chi connectivity index (χ2n) is 5.09. The highest BCUT2D eigenvalue weighted by atomic mass is 16.3. The number of rotatable bonds is 5. The van der Waals surface area contributed by atoms with Crippen molar-refractivity contribution in [2.75, 3.05) is 6.54 Å². The topological polar surface area (TPSA) is 75.4 Å². The molecule has 4 N–H and O–H groups in total. The zero-order valence-corrected chi connectivity index (χ0v) is 10.4. The smallest absolute Gasteiger partial charge is 0.237 e. The molecule has 1 aliphatic rings. The van der Waals surface area contributed by atoms with Gasteiger partial charge >= 0.3 is 0 Å². The first kappa shape index (κ1) is 13.1. The van der Waals surface area contributed by atoms with Gasteiger partial charge in [0.25, 0.3) is 0 Å². The second kappa shape index (κ2) is 5.50. The van der Waals surface area contributed by atoms with Crippen molar-refractivity contribution in [3.63, 3.8) is 0 Å². The molecule has 0 saturated heterocycles. The standard InChI is InChI=1S/C14H20N2O2/c15-12(9-11-5-2-1-3-6-11)13(17)16-10-14(18)7-4-8-14/h1-3,5-6,12,18H,4,7-10,15H2,(H,16,17). The van der Waals surface area contributed by atoms with E-state index in [1.807, 2.05) is 30.3 Å². The molecular formula is C14H20N2O2. The maximum absolute atomic E-state index is 11.8. The average molecular weight is 248 g/mol. The molecule has 1 aromatic carbocycles. The Morgan fingerprint density at radius 1 is 1.39 bits per heavy atom. The summed E-state index contributed by atoms with van der Waals surface area (Å²) in [6.45, 7) is 0.314. The van der Waals surface area contributed by atoms with Crippen LogP contribution in [0.4, 0.5) is 0 Å². The lowest BCUT2D eigenvalue weighted by atomic mass is 9.80. The van der Waals surface area contributed by atoms with Crippen molar-refractivity contribution in [1.82, 2.24) is 5.32 Å². The van der Waals surface area contributed by atoms with Crippen molar-refractivity contribution in [2.45, 2.75) is 37.3 Å². The van der Waals surface area contributed by atoms with Crippen LogP contribution in [0.2, 0.25) is 0 Å². The first-order valence-corrected chi connectivity index (χ1v) is 6.39. The summed E-state index contributed by atoms with van der Waals surface area (Å²) in [7, 11) is 0. The van der Waals surface area contributed by atoms with Crippen molar-refractivity contribution in [3.8, 4) is 0 Å². The third-order valence-corrected chi connectivity index (χ3v) is 3.51. The molecule has 4 nitrogen and oxygen atoms in total. The lowest BCUT2D eigenvalue weighted by molar-refractivity contribution is -0.124. The zero-order chi connectivity index (χ0) is 13.0. The molecule has 1 unspecified atom stereocenters. The summed E-state index contributed by atoms with van der Waals surface area (Å²) in [6, 6.07) is 9.13. The Balaban J connectivity index is 1.78. The minimum Gasteiger partial charge on any atom is -0.388 e. The molecule has 1 amide bonds. The predicted molar refractivity (Wildman–Crippen MR) is 69.9 cm³/mol. The van der Waals surface area contributed by atoms with Gasteiger partial charge in [-0.2, -0.15) is 0 Å². The number of amides is 1. The van der Waals surface area contributed by atoms with Gasteiger partial charge in [0.1, 0.15) is 0 Å². The van der Waals surface area contributed by atoms with Gasteiger partial charge in [-0.15, -0.1) is 0 Å². The Kier molecular flexibility index (Phi) is 3.99. The summed E-state index contributed by atoms with van der Waals surface area (Å²) in [5, 5.41) is 12.6. The van der Waals surface area contributed by atoms with Gasteiger partial charge in [0.15, 0.2) is 0 Å². The molecule has 2 rings (SSSR count). The number of nitrogens with two attached hydrogens (primary N) is 1. The molecule has 1 atom stereocenters. The number of hydrogen-bond acceptors (Lipinski definition) is 3. The van der Waals surface area contributed by atoms with E-state index >= 15 is 0 Å². The van der Waals surface area contributed by atoms with Crippen molar-refractivity contribution >= 4 is 5.91 Å². The lowest BCUT2D eigenvalue weighted by Crippen LogP contribution is -2.51. The van der Waals surface area contributed by atoms with Crippen molar-refractivity contribution in [2.24, 2.45) is 5.73 Å². The van der Waals surface area contributed by atoms with Crippen LogP contribution in [0.15, 0.2) is 30.3 Å². The summed E-state index contributed by atoms with van der Waals surface area (Å²) in [5.41, 5.74) is 6.20. The molecule has 0 radical (unpaired) electrons. The Morgan fingerprint density at radius 3 is 2.61 bits per heavy atom. The molecule has 1 aliphatic carbocycles. The van der Waals surface area contributed by atoms with Crippen LogP contribution in [0, 0.1) is 0 Å². The van der Waals surface area contributed by atoms with E-state index in [9.17, 15) is 9.90 Å². The summed E-state index contributed by atoms with van der Waals surface area (Å²) in [4.78, 5) is 11.8. The van der Waals surface area contributed by atoms with Crippen molar-refractivity contribution in [1.29, 1.82) is 0 Å². The van der Waals surface area contributed by atoms with Gasteiger partial charge in [0.2, 0.25) is 5.91 Å². The maximum Gasteiger partial charge on any atom is 0.237 e. The van der Waals surface area contributed by atoms with Gasteiger partial charge in [-0.3, -0.25) is 4.79 Å². The van der Waals surface area contributed by atoms with Gasteiger partial charge in [-0.1, -0.05) is 30.3 Å². The van der Waals surface area contributed by atoms with E-state index in [-0.39, 0.29) is 5.91 Å². The first-order chi connectivity index (χ1) is 8.59. The molecule has 0 aromatic heterocycles. The number of carbonyl (C=O) groups is 1. The number of hydrogen-bond donors (Lipinski definition) is 3. The summed E-state index contributed by atoms with van der Waals surface area (Å²) < 4.78 is 0. The van der Waals surface area contributed by atoms with Crippen LogP contribution in [-0.2, 0) is 11.2 Å². The van der Waals surface area contributed by atoms with Gasteiger partial charge in [-0.25, -0.2) is 0 Å². The molecule has 0 aliphatic heterocycles. The molecule has 4 heteroatoms. The van der Waals surface area contributed by atoms with Crippen LogP contribution in [0.1, 0.15) is 24.8 Å². The highest BCUT2D eigenvalue weighted by molar-refractivity contribution is 5.81. The van der Waals surface area contributed by atoms with Crippen LogP contribution < -0.4 is 11.1 Å². The van der Waals surface area contributed by atoms with E-state index in [2.05, 4.69) is 5.32 Å². The number of nitrogens with one attached hydrogen (secondary N) is 1.